The Morgan fingerprint density at radius 3 is 0.723 bits per heavy atom. The van der Waals surface area contributed by atoms with E-state index in [2.05, 4.69) is 41.8 Å². The van der Waals surface area contributed by atoms with Gasteiger partial charge in [-0.25, -0.2) is 84.2 Å². The quantitative estimate of drug-likeness (QED) is 0.0399. The fourth-order valence-electron chi connectivity index (χ4n) is 6.03. The Morgan fingerprint density at radius 1 is 0.241 bits per heavy atom. The number of hydrogen-bond donors (Lipinski definition) is 0. The van der Waals surface area contributed by atoms with Crippen LogP contribution in [-0.4, -0.2) is 242 Å². The van der Waals surface area contributed by atoms with Crippen molar-refractivity contribution in [3.05, 3.63) is 0 Å². The minimum atomic E-state index is -6.69. The van der Waals surface area contributed by atoms with Crippen molar-refractivity contribution in [2.45, 2.75) is 85.8 Å². The van der Waals surface area contributed by atoms with E-state index in [1.54, 1.807) is 0 Å². The first-order valence-corrected chi connectivity index (χ1v) is 30.2. The van der Waals surface area contributed by atoms with Crippen molar-refractivity contribution in [3.63, 3.8) is 0 Å². The predicted octanol–water partition coefficient (Wildman–Crippen LogP) is -42.0. The molecule has 65 heteroatoms. The molecule has 0 aromatic carbocycles. The normalized spacial score (nSPS) is 28.0. The molecule has 3 fully saturated rings. The molecule has 3 heterocycles. The topological polar surface area (TPSA) is 710 Å². The third kappa shape index (κ3) is 49.4. The maximum Gasteiger partial charge on any atom is 1.00 e. The minimum absolute atomic E-state index is 0. The van der Waals surface area contributed by atoms with E-state index in [1.165, 1.54) is 0 Å². The van der Waals surface area contributed by atoms with Crippen LogP contribution in [0.25, 0.3) is 0 Å². The average molecular weight is 1670 g/mol. The van der Waals surface area contributed by atoms with Crippen LogP contribution in [0.15, 0.2) is 0 Å². The van der Waals surface area contributed by atoms with Gasteiger partial charge in [-0.1, -0.05) is 0 Å². The molecule has 14 atom stereocenters. The van der Waals surface area contributed by atoms with Gasteiger partial charge in [0.1, 0.15) is 61.0 Å². The molecule has 0 spiro atoms. The van der Waals surface area contributed by atoms with Crippen molar-refractivity contribution >= 4 is 104 Å². The summed E-state index contributed by atoms with van der Waals surface area (Å²) in [6.07, 6.45) is -46.1. The molecule has 0 amide bonds. The Morgan fingerprint density at radius 2 is 0.446 bits per heavy atom. The summed E-state index contributed by atoms with van der Waals surface area (Å²) < 4.78 is 414. The van der Waals surface area contributed by atoms with E-state index >= 15 is 0 Å². The molecule has 83 heavy (non-hydrogen) atoms. The third-order valence-electron chi connectivity index (χ3n) is 8.04. The molecule has 3 rings (SSSR count). The summed E-state index contributed by atoms with van der Waals surface area (Å²) in [7, 11) is -63.8. The maximum absolute atomic E-state index is 12.0. The van der Waals surface area contributed by atoms with Gasteiger partial charge in [-0.15, -0.1) is 0 Å². The number of hydrogen-bond acceptors (Lipinski definition) is 45. The van der Waals surface area contributed by atoms with Crippen molar-refractivity contribution in [2.24, 2.45) is 0 Å². The molecule has 0 aromatic rings. The first kappa shape index (κ1) is 114. The molecule has 0 saturated carbocycles. The zero-order valence-corrected chi connectivity index (χ0v) is 82.8. The van der Waals surface area contributed by atoms with Gasteiger partial charge in [0.05, 0.1) is 26.4 Å². The second-order valence-corrected chi connectivity index (χ2v) is 23.3. The Labute approximate surface area is 898 Å². The molecule has 0 aliphatic carbocycles. The summed E-state index contributed by atoms with van der Waals surface area (Å²) in [4.78, 5) is 0. The van der Waals surface area contributed by atoms with Gasteiger partial charge in [-0.2, -0.15) is 0 Å². The SMILES string of the molecule is O=S(=O)([O-])OC[C@H]1O[C@@H](OC[C@H]2O[C@@H](O[C@H]3[C@H](OS(=O)(=O)[O-])[C@@H](COS(=O)(=O)[O-])O[C@@H]3COS(=O)(=O)[O-])[C@H](OS(=O)(=O)[O-])[C@@H](OS(=O)(=O)[O-])[C@@H]2OS(=O)(=O)[O-])[C@H](OS(=O)(=O)[O-])[C@@H](OS(=O)(=O)[O-])[C@@H]1OS(=O)(=O)[O-].[K+].[K+].[K+].[K+].[K+].[K+].[K+].[K+].[K+].[K+]. The Bertz CT molecular complexity index is 3140. The fourth-order valence-corrected chi connectivity index (χ4v) is 10.4. The van der Waals surface area contributed by atoms with Gasteiger partial charge in [0.15, 0.2) is 24.8 Å². The summed E-state index contributed by atoms with van der Waals surface area (Å²) in [5, 5.41) is 0. The van der Waals surface area contributed by atoms with E-state index in [0.29, 0.717) is 0 Å². The van der Waals surface area contributed by atoms with E-state index < -0.39 is 216 Å². The molecule has 3 aliphatic heterocycles. The summed E-state index contributed by atoms with van der Waals surface area (Å²) in [6.45, 7) is -8.09. The van der Waals surface area contributed by atoms with Gasteiger partial charge in [0.2, 0.25) is 104 Å². The van der Waals surface area contributed by atoms with E-state index in [4.69, 9.17) is 23.7 Å². The van der Waals surface area contributed by atoms with Crippen LogP contribution in [0.1, 0.15) is 0 Å². The summed E-state index contributed by atoms with van der Waals surface area (Å²) >= 11 is 0. The molecule has 0 N–H and O–H groups in total. The van der Waals surface area contributed by atoms with E-state index in [1.807, 2.05) is 0 Å². The van der Waals surface area contributed by atoms with Crippen LogP contribution in [0.5, 0.6) is 0 Å². The Hall–Kier alpha value is 14.9. The predicted molar refractivity (Wildman–Crippen MR) is 186 cm³/mol. The van der Waals surface area contributed by atoms with Gasteiger partial charge in [-0.3, -0.25) is 41.8 Å². The van der Waals surface area contributed by atoms with Gasteiger partial charge >= 0.3 is 514 Å². The van der Waals surface area contributed by atoms with Crippen LogP contribution in [0.3, 0.4) is 0 Å². The van der Waals surface area contributed by atoms with Crippen LogP contribution in [0, 0.1) is 0 Å². The van der Waals surface area contributed by atoms with Crippen LogP contribution in [0.4, 0.5) is 0 Å². The largest absolute Gasteiger partial charge is 1.00 e. The van der Waals surface area contributed by atoms with Crippen molar-refractivity contribution in [2.75, 3.05) is 26.4 Å². The molecular formula is C18H22K10O45S10. The molecule has 45 nitrogen and oxygen atoms in total. The van der Waals surface area contributed by atoms with Gasteiger partial charge < -0.3 is 69.2 Å². The molecule has 0 aromatic heterocycles. The second-order valence-electron chi connectivity index (χ2n) is 13.1. The number of rotatable bonds is 28. The monoisotopic (exact) mass is 1670 g/mol. The average Bonchev–Trinajstić information content (AvgIpc) is 3.42. The molecule has 434 valence electrons. The van der Waals surface area contributed by atoms with E-state index in [-0.39, 0.29) is 514 Å². The first-order chi connectivity index (χ1) is 32.4. The molecule has 0 bridgehead atoms. The van der Waals surface area contributed by atoms with Gasteiger partial charge in [0.25, 0.3) is 0 Å². The summed E-state index contributed by atoms with van der Waals surface area (Å²) in [5.41, 5.74) is 0. The zero-order chi connectivity index (χ0) is 56.5. The van der Waals surface area contributed by atoms with Crippen LogP contribution >= 0.6 is 0 Å². The fraction of sp³-hybridized carbons (Fsp3) is 1.00. The van der Waals surface area contributed by atoms with Gasteiger partial charge in [0, 0.05) is 0 Å². The molecule has 3 aliphatic rings. The minimum Gasteiger partial charge on any atom is -0.726 e. The second kappa shape index (κ2) is 48.2. The number of ether oxygens (including phenoxy) is 5. The van der Waals surface area contributed by atoms with E-state index in [0.717, 1.165) is 0 Å². The summed E-state index contributed by atoms with van der Waals surface area (Å²) in [5.74, 6) is 0. The Kier molecular flexibility index (Phi) is 66.1. The summed E-state index contributed by atoms with van der Waals surface area (Å²) in [6, 6.07) is 0. The molecule has 0 radical (unpaired) electrons. The van der Waals surface area contributed by atoms with Crippen LogP contribution < -0.4 is 514 Å². The van der Waals surface area contributed by atoms with Crippen molar-refractivity contribution in [1.82, 2.24) is 0 Å². The van der Waals surface area contributed by atoms with Gasteiger partial charge in [-0.05, 0) is 0 Å². The van der Waals surface area contributed by atoms with E-state index in [9.17, 15) is 130 Å². The molecule has 3 saturated heterocycles. The van der Waals surface area contributed by atoms with Crippen molar-refractivity contribution in [1.29, 1.82) is 0 Å². The molecule has 0 unspecified atom stereocenters. The molecular weight excluding hydrogens is 1650 g/mol. The van der Waals surface area contributed by atoms with Crippen molar-refractivity contribution < 1.29 is 709 Å². The third-order valence-corrected chi connectivity index (χ3v) is 12.5. The smallest absolute Gasteiger partial charge is 0.726 e. The zero-order valence-electron chi connectivity index (χ0n) is 43.4. The van der Waals surface area contributed by atoms with Crippen LogP contribution in [0.2, 0.25) is 0 Å². The first-order valence-electron chi connectivity index (χ1n) is 16.9. The van der Waals surface area contributed by atoms with Crippen LogP contribution in [-0.2, 0) is 170 Å². The maximum atomic E-state index is 12.0. The Balaban J connectivity index is -0.000000937. The van der Waals surface area contributed by atoms with Crippen molar-refractivity contribution in [3.8, 4) is 0 Å². The standard InChI is InChI=1S/C18H32O45S10.10K/c19-64(20,21)50-2-6-9(10(57-67(28,29)30)7(53-6)3-51-65(22,23)24)56-18-16(63-73(46,47)48)14(61-71(40,41)42)11(58-68(31,32)33)5(55-18)1-49-17-15(62-72(43,44)45)13(60-70(37,38)39)12(59-69(34,35)36)8(54-17)4-52-66(25,26)27;;;;;;;;;;/h5-18H,1-4H2,(H,19,20,21)(H,22,23,24)(H,25,26,27)(H,28,29,30)(H,31,32,33)(H,34,35,36)(H,37,38,39)(H,40,41,42)(H,43,44,45)(H,46,47,48);;;;;;;;;;/q;10*+1/p-10/t5-,6-,7-,8-,9-,10-,11-,12-,13+,14+,15-,16-,17-,18+;;;;;;;;;;/m1........../s1.